The number of hydrogen-bond donors (Lipinski definition) is 0. The van der Waals surface area contributed by atoms with Gasteiger partial charge in [0.15, 0.2) is 0 Å². The Bertz CT molecular complexity index is 1560. The smallest absolute Gasteiger partial charge is 0.325 e. The number of carbonyl (C=O) groups excluding carboxylic acids is 4. The SMILES string of the molecule is CCOC(=O)CN(CC(=O)OCC)c1ccc(C)cc1OCCOc1cc(C#CC2=CC=CC2)ccc1N(CC(=O)OCC)CC(=O)OCC. The average molecular weight is 691 g/mol. The van der Waals surface area contributed by atoms with Crippen LogP contribution in [0.1, 0.15) is 45.2 Å². The van der Waals surface area contributed by atoms with Gasteiger partial charge in [-0.2, -0.15) is 0 Å². The van der Waals surface area contributed by atoms with Crippen molar-refractivity contribution in [1.29, 1.82) is 0 Å². The number of aryl methyl sites for hydroxylation is 1. The highest BCUT2D eigenvalue weighted by molar-refractivity contribution is 5.84. The molecule has 0 unspecified atom stereocenters. The molecule has 268 valence electrons. The maximum atomic E-state index is 12.6. The van der Waals surface area contributed by atoms with Crippen LogP contribution >= 0.6 is 0 Å². The van der Waals surface area contributed by atoms with Gasteiger partial charge in [-0.15, -0.1) is 0 Å². The van der Waals surface area contributed by atoms with E-state index in [1.807, 2.05) is 31.2 Å². The molecule has 12 nitrogen and oxygen atoms in total. The van der Waals surface area contributed by atoms with Crippen LogP contribution in [0.4, 0.5) is 11.4 Å². The molecule has 0 atom stereocenters. The molecular formula is C38H46N2O10. The zero-order valence-electron chi connectivity index (χ0n) is 29.5. The Balaban J connectivity index is 1.88. The minimum Gasteiger partial charge on any atom is -0.488 e. The van der Waals surface area contributed by atoms with Crippen molar-refractivity contribution in [2.24, 2.45) is 0 Å². The molecule has 12 heteroatoms. The molecule has 0 N–H and O–H groups in total. The first-order chi connectivity index (χ1) is 24.2. The van der Waals surface area contributed by atoms with Gasteiger partial charge in [0, 0.05) is 11.1 Å². The summed E-state index contributed by atoms with van der Waals surface area (Å²) in [6.45, 7) is 8.78. The predicted octanol–water partition coefficient (Wildman–Crippen LogP) is 4.56. The number of carbonyl (C=O) groups is 4. The van der Waals surface area contributed by atoms with Crippen molar-refractivity contribution in [2.45, 2.75) is 41.0 Å². The van der Waals surface area contributed by atoms with Crippen LogP contribution in [0.2, 0.25) is 0 Å². The number of ether oxygens (including phenoxy) is 6. The Morgan fingerprint density at radius 1 is 0.640 bits per heavy atom. The molecule has 1 aliphatic rings. The van der Waals surface area contributed by atoms with E-state index in [9.17, 15) is 19.2 Å². The van der Waals surface area contributed by atoms with Crippen LogP contribution in [-0.2, 0) is 38.1 Å². The van der Waals surface area contributed by atoms with Gasteiger partial charge in [-0.05, 0) is 76.9 Å². The highest BCUT2D eigenvalue weighted by atomic mass is 16.5. The van der Waals surface area contributed by atoms with Crippen molar-refractivity contribution in [3.63, 3.8) is 0 Å². The van der Waals surface area contributed by atoms with E-state index in [4.69, 9.17) is 28.4 Å². The fourth-order valence-electron chi connectivity index (χ4n) is 4.86. The molecule has 2 aromatic rings. The van der Waals surface area contributed by atoms with E-state index in [1.54, 1.807) is 62.9 Å². The summed E-state index contributed by atoms with van der Waals surface area (Å²) in [7, 11) is 0. The maximum absolute atomic E-state index is 12.6. The quantitative estimate of drug-likeness (QED) is 0.0887. The Labute approximate surface area is 293 Å². The van der Waals surface area contributed by atoms with Crippen LogP contribution in [0.15, 0.2) is 60.2 Å². The van der Waals surface area contributed by atoms with Gasteiger partial charge in [-0.25, -0.2) is 0 Å². The fraction of sp³-hybridized carbons (Fsp3) is 0.421. The first kappa shape index (κ1) is 39.0. The lowest BCUT2D eigenvalue weighted by Crippen LogP contribution is -2.36. The van der Waals surface area contributed by atoms with Gasteiger partial charge >= 0.3 is 23.9 Å². The van der Waals surface area contributed by atoms with E-state index in [-0.39, 0.29) is 65.8 Å². The fourth-order valence-corrected chi connectivity index (χ4v) is 4.86. The molecule has 50 heavy (non-hydrogen) atoms. The van der Waals surface area contributed by atoms with E-state index in [0.29, 0.717) is 28.4 Å². The van der Waals surface area contributed by atoms with Crippen molar-refractivity contribution in [3.05, 3.63) is 71.3 Å². The minimum absolute atomic E-state index is 0.0503. The van der Waals surface area contributed by atoms with Gasteiger partial charge in [-0.1, -0.05) is 36.1 Å². The number of rotatable bonds is 19. The summed E-state index contributed by atoms with van der Waals surface area (Å²) >= 11 is 0. The predicted molar refractivity (Wildman–Crippen MR) is 188 cm³/mol. The average Bonchev–Trinajstić information content (AvgIpc) is 3.60. The van der Waals surface area contributed by atoms with Crippen molar-refractivity contribution in [2.75, 3.05) is 75.6 Å². The molecule has 3 rings (SSSR count). The molecule has 2 aromatic carbocycles. The second kappa shape index (κ2) is 20.8. The minimum atomic E-state index is -0.516. The van der Waals surface area contributed by atoms with E-state index in [0.717, 1.165) is 17.6 Å². The summed E-state index contributed by atoms with van der Waals surface area (Å²) in [6, 6.07) is 10.7. The van der Waals surface area contributed by atoms with Crippen LogP contribution in [0.5, 0.6) is 11.5 Å². The molecular weight excluding hydrogens is 644 g/mol. The van der Waals surface area contributed by atoms with Crippen molar-refractivity contribution in [1.82, 2.24) is 0 Å². The summed E-state index contributed by atoms with van der Waals surface area (Å²) in [5.41, 5.74) is 3.50. The molecule has 0 bridgehead atoms. The van der Waals surface area contributed by atoms with Crippen LogP contribution in [0.25, 0.3) is 0 Å². The zero-order valence-corrected chi connectivity index (χ0v) is 29.5. The number of anilines is 2. The second-order valence-corrected chi connectivity index (χ2v) is 10.9. The highest BCUT2D eigenvalue weighted by Gasteiger charge is 2.22. The monoisotopic (exact) mass is 690 g/mol. The van der Waals surface area contributed by atoms with E-state index in [2.05, 4.69) is 11.8 Å². The molecule has 0 fully saturated rings. The summed E-state index contributed by atoms with van der Waals surface area (Å²) in [5.74, 6) is 5.07. The van der Waals surface area contributed by atoms with E-state index in [1.165, 1.54) is 4.90 Å². The van der Waals surface area contributed by atoms with Gasteiger partial charge < -0.3 is 38.2 Å². The van der Waals surface area contributed by atoms with Crippen LogP contribution in [-0.4, -0.2) is 89.7 Å². The summed E-state index contributed by atoms with van der Waals surface area (Å²) in [5, 5.41) is 0. The molecule has 0 amide bonds. The third-order valence-electron chi connectivity index (χ3n) is 6.99. The van der Waals surface area contributed by atoms with Gasteiger partial charge in [0.05, 0.1) is 37.8 Å². The summed E-state index contributed by atoms with van der Waals surface area (Å²) in [6.07, 6.45) is 6.70. The Morgan fingerprint density at radius 2 is 1.10 bits per heavy atom. The molecule has 0 saturated carbocycles. The van der Waals surface area contributed by atoms with Crippen LogP contribution < -0.4 is 19.3 Å². The lowest BCUT2D eigenvalue weighted by atomic mass is 10.1. The number of nitrogens with zero attached hydrogens (tertiary/aromatic N) is 2. The van der Waals surface area contributed by atoms with Gasteiger partial charge in [0.25, 0.3) is 0 Å². The standard InChI is InChI=1S/C38H46N2O10/c1-6-45-35(41)24-39(25-36(42)46-7-2)31-18-14-28(5)22-33(31)49-20-21-50-34-23-30(16-15-29-12-10-11-13-29)17-19-32(34)40(26-37(43)47-8-3)27-38(44)48-9-4/h10-12,14,17-19,22-23H,6-9,13,20-21,24-27H2,1-5H3. The summed E-state index contributed by atoms with van der Waals surface area (Å²) < 4.78 is 33.0. The van der Waals surface area contributed by atoms with Crippen LogP contribution in [0, 0.1) is 18.8 Å². The molecule has 0 radical (unpaired) electrons. The first-order valence-corrected chi connectivity index (χ1v) is 16.7. The zero-order chi connectivity index (χ0) is 36.3. The largest absolute Gasteiger partial charge is 0.488 e. The number of hydrogen-bond acceptors (Lipinski definition) is 12. The van der Waals surface area contributed by atoms with Gasteiger partial charge in [-0.3, -0.25) is 19.2 Å². The number of allylic oxidation sites excluding steroid dienone is 4. The third-order valence-corrected chi connectivity index (χ3v) is 6.99. The normalized spacial score (nSPS) is 11.4. The van der Waals surface area contributed by atoms with E-state index >= 15 is 0 Å². The third kappa shape index (κ3) is 12.9. The Kier molecular flexibility index (Phi) is 16.2. The molecule has 1 aliphatic carbocycles. The second-order valence-electron chi connectivity index (χ2n) is 10.9. The molecule has 0 aromatic heterocycles. The maximum Gasteiger partial charge on any atom is 0.325 e. The van der Waals surface area contributed by atoms with Crippen molar-refractivity contribution >= 4 is 35.3 Å². The highest BCUT2D eigenvalue weighted by Crippen LogP contribution is 2.32. The van der Waals surface area contributed by atoms with Gasteiger partial charge in [0.1, 0.15) is 50.9 Å². The van der Waals surface area contributed by atoms with Gasteiger partial charge in [0.2, 0.25) is 0 Å². The number of benzene rings is 2. The Hall–Kier alpha value is -5.44. The Morgan fingerprint density at radius 3 is 1.54 bits per heavy atom. The molecule has 0 spiro atoms. The van der Waals surface area contributed by atoms with E-state index < -0.39 is 23.9 Å². The summed E-state index contributed by atoms with van der Waals surface area (Å²) in [4.78, 5) is 53.1. The topological polar surface area (TPSA) is 130 Å². The van der Waals surface area contributed by atoms with Crippen molar-refractivity contribution in [3.8, 4) is 23.3 Å². The lowest BCUT2D eigenvalue weighted by molar-refractivity contribution is -0.144. The molecule has 0 heterocycles. The molecule has 0 aliphatic heterocycles. The van der Waals surface area contributed by atoms with Crippen LogP contribution in [0.3, 0.4) is 0 Å². The lowest BCUT2D eigenvalue weighted by Gasteiger charge is -2.26. The number of esters is 4. The molecule has 0 saturated heterocycles. The van der Waals surface area contributed by atoms with Crippen molar-refractivity contribution < 1.29 is 47.6 Å². The first-order valence-electron chi connectivity index (χ1n) is 16.7.